The third-order valence-electron chi connectivity index (χ3n) is 2.32. The molecule has 2 aromatic carbocycles. The second-order valence-electron chi connectivity index (χ2n) is 3.57. The van der Waals surface area contributed by atoms with E-state index in [4.69, 9.17) is 17.3 Å². The van der Waals surface area contributed by atoms with Crippen LogP contribution in [0, 0.1) is 17.5 Å². The van der Waals surface area contributed by atoms with Crippen LogP contribution in [-0.4, -0.2) is 0 Å². The molecule has 0 amide bonds. The molecule has 6 heteroatoms. The van der Waals surface area contributed by atoms with Crippen LogP contribution < -0.4 is 11.1 Å². The molecule has 94 valence electrons. The summed E-state index contributed by atoms with van der Waals surface area (Å²) in [5, 5.41) is 2.70. The third kappa shape index (κ3) is 2.36. The number of hydrogen-bond acceptors (Lipinski definition) is 2. The van der Waals surface area contributed by atoms with Crippen molar-refractivity contribution in [2.75, 3.05) is 11.1 Å². The maximum atomic E-state index is 13.4. The molecule has 2 nitrogen and oxygen atoms in total. The van der Waals surface area contributed by atoms with E-state index in [0.717, 1.165) is 0 Å². The summed E-state index contributed by atoms with van der Waals surface area (Å²) in [7, 11) is 0. The molecule has 2 rings (SSSR count). The summed E-state index contributed by atoms with van der Waals surface area (Å²) in [4.78, 5) is 0. The number of para-hydroxylation sites is 1. The van der Waals surface area contributed by atoms with Gasteiger partial charge in [-0.25, -0.2) is 13.2 Å². The van der Waals surface area contributed by atoms with Gasteiger partial charge in [0.05, 0.1) is 16.4 Å². The van der Waals surface area contributed by atoms with Gasteiger partial charge in [-0.1, -0.05) is 17.7 Å². The summed E-state index contributed by atoms with van der Waals surface area (Å²) >= 11 is 5.77. The van der Waals surface area contributed by atoms with E-state index >= 15 is 0 Å². The average Bonchev–Trinajstić information content (AvgIpc) is 2.28. The van der Waals surface area contributed by atoms with Crippen molar-refractivity contribution in [1.82, 2.24) is 0 Å². The maximum absolute atomic E-state index is 13.4. The van der Waals surface area contributed by atoms with Crippen LogP contribution in [0.3, 0.4) is 0 Å². The molecule has 0 bridgehead atoms. The molecule has 0 spiro atoms. The van der Waals surface area contributed by atoms with Gasteiger partial charge >= 0.3 is 0 Å². The molecular formula is C12H8ClF3N2. The van der Waals surface area contributed by atoms with Crippen molar-refractivity contribution >= 4 is 28.7 Å². The molecule has 0 heterocycles. The summed E-state index contributed by atoms with van der Waals surface area (Å²) in [5.41, 5.74) is 5.56. The first-order valence-electron chi connectivity index (χ1n) is 4.94. The number of anilines is 3. The van der Waals surface area contributed by atoms with Crippen molar-refractivity contribution in [3.8, 4) is 0 Å². The minimum absolute atomic E-state index is 0.155. The monoisotopic (exact) mass is 272 g/mol. The fourth-order valence-corrected chi connectivity index (χ4v) is 1.62. The topological polar surface area (TPSA) is 38.0 Å². The van der Waals surface area contributed by atoms with Crippen LogP contribution in [0.2, 0.25) is 5.02 Å². The number of rotatable bonds is 2. The summed E-state index contributed by atoms with van der Waals surface area (Å²) in [6, 6.07) is 5.77. The number of nitrogens with two attached hydrogens (primary N) is 1. The maximum Gasteiger partial charge on any atom is 0.152 e. The lowest BCUT2D eigenvalue weighted by molar-refractivity contribution is 0.549. The molecule has 0 radical (unpaired) electrons. The average molecular weight is 273 g/mol. The Kier molecular flexibility index (Phi) is 3.34. The van der Waals surface area contributed by atoms with E-state index < -0.39 is 23.1 Å². The van der Waals surface area contributed by atoms with Crippen molar-refractivity contribution in [1.29, 1.82) is 0 Å². The van der Waals surface area contributed by atoms with Crippen molar-refractivity contribution in [2.45, 2.75) is 0 Å². The van der Waals surface area contributed by atoms with E-state index in [-0.39, 0.29) is 16.4 Å². The molecule has 0 saturated heterocycles. The highest BCUT2D eigenvalue weighted by atomic mass is 35.5. The van der Waals surface area contributed by atoms with E-state index in [2.05, 4.69) is 5.32 Å². The molecule has 0 aliphatic carbocycles. The highest BCUT2D eigenvalue weighted by Gasteiger charge is 2.13. The Hall–Kier alpha value is -1.88. The number of benzene rings is 2. The Morgan fingerprint density at radius 3 is 2.28 bits per heavy atom. The SMILES string of the molecule is Nc1c(Cl)cccc1Nc1c(F)cc(F)cc1F. The van der Waals surface area contributed by atoms with Crippen LogP contribution in [0.4, 0.5) is 30.2 Å². The minimum atomic E-state index is -1.05. The molecule has 0 atom stereocenters. The Morgan fingerprint density at radius 1 is 1.06 bits per heavy atom. The molecular weight excluding hydrogens is 265 g/mol. The lowest BCUT2D eigenvalue weighted by atomic mass is 10.2. The van der Waals surface area contributed by atoms with Gasteiger partial charge in [0.1, 0.15) is 11.5 Å². The predicted octanol–water partition coefficient (Wildman–Crippen LogP) is 4.08. The minimum Gasteiger partial charge on any atom is -0.396 e. The number of nitrogens with one attached hydrogen (secondary N) is 1. The van der Waals surface area contributed by atoms with E-state index in [9.17, 15) is 13.2 Å². The van der Waals surface area contributed by atoms with E-state index in [1.54, 1.807) is 12.1 Å². The van der Waals surface area contributed by atoms with Gasteiger partial charge in [0, 0.05) is 12.1 Å². The quantitative estimate of drug-likeness (QED) is 0.808. The molecule has 0 saturated carbocycles. The predicted molar refractivity (Wildman–Crippen MR) is 65.5 cm³/mol. The third-order valence-corrected chi connectivity index (χ3v) is 2.65. The van der Waals surface area contributed by atoms with E-state index in [1.165, 1.54) is 6.07 Å². The van der Waals surface area contributed by atoms with Crippen molar-refractivity contribution in [3.63, 3.8) is 0 Å². The Balaban J connectivity index is 2.43. The van der Waals surface area contributed by atoms with Gasteiger partial charge < -0.3 is 11.1 Å². The first-order chi connectivity index (χ1) is 8.49. The Bertz CT molecular complexity index is 579. The van der Waals surface area contributed by atoms with Crippen LogP contribution in [0.15, 0.2) is 30.3 Å². The van der Waals surface area contributed by atoms with Crippen LogP contribution in [0.1, 0.15) is 0 Å². The van der Waals surface area contributed by atoms with Crippen molar-refractivity contribution in [2.24, 2.45) is 0 Å². The lowest BCUT2D eigenvalue weighted by Crippen LogP contribution is -2.01. The summed E-state index contributed by atoms with van der Waals surface area (Å²) < 4.78 is 39.6. The fourth-order valence-electron chi connectivity index (χ4n) is 1.44. The fraction of sp³-hybridized carbons (Fsp3) is 0. The van der Waals surface area contributed by atoms with Gasteiger partial charge in [-0.2, -0.15) is 0 Å². The Morgan fingerprint density at radius 2 is 1.67 bits per heavy atom. The molecule has 18 heavy (non-hydrogen) atoms. The largest absolute Gasteiger partial charge is 0.396 e. The molecule has 2 aromatic rings. The van der Waals surface area contributed by atoms with Crippen molar-refractivity contribution < 1.29 is 13.2 Å². The van der Waals surface area contributed by atoms with Crippen LogP contribution in [-0.2, 0) is 0 Å². The molecule has 0 unspecified atom stereocenters. The standard InChI is InChI=1S/C12H8ClF3N2/c13-7-2-1-3-10(11(7)17)18-12-8(15)4-6(14)5-9(12)16/h1-5,18H,17H2. The zero-order valence-electron chi connectivity index (χ0n) is 8.98. The zero-order chi connectivity index (χ0) is 13.3. The first kappa shape index (κ1) is 12.6. The molecule has 0 aromatic heterocycles. The second-order valence-corrected chi connectivity index (χ2v) is 3.98. The second kappa shape index (κ2) is 4.78. The number of nitrogen functional groups attached to an aromatic ring is 1. The highest BCUT2D eigenvalue weighted by molar-refractivity contribution is 6.33. The summed E-state index contributed by atoms with van der Waals surface area (Å²) in [6.45, 7) is 0. The smallest absolute Gasteiger partial charge is 0.152 e. The molecule has 3 N–H and O–H groups in total. The normalized spacial score (nSPS) is 10.4. The number of hydrogen-bond donors (Lipinski definition) is 2. The van der Waals surface area contributed by atoms with Gasteiger partial charge in [-0.15, -0.1) is 0 Å². The summed E-state index contributed by atoms with van der Waals surface area (Å²) in [5.74, 6) is -3.09. The van der Waals surface area contributed by atoms with E-state index in [0.29, 0.717) is 12.1 Å². The van der Waals surface area contributed by atoms with Gasteiger partial charge in [-0.05, 0) is 12.1 Å². The van der Waals surface area contributed by atoms with E-state index in [1.807, 2.05) is 0 Å². The zero-order valence-corrected chi connectivity index (χ0v) is 9.73. The molecule has 0 fully saturated rings. The van der Waals surface area contributed by atoms with Crippen LogP contribution >= 0.6 is 11.6 Å². The molecule has 0 aliphatic heterocycles. The van der Waals surface area contributed by atoms with Crippen molar-refractivity contribution in [3.05, 3.63) is 52.8 Å². The van der Waals surface area contributed by atoms with Gasteiger partial charge in [0.25, 0.3) is 0 Å². The van der Waals surface area contributed by atoms with Crippen LogP contribution in [0.5, 0.6) is 0 Å². The highest BCUT2D eigenvalue weighted by Crippen LogP contribution is 2.31. The lowest BCUT2D eigenvalue weighted by Gasteiger charge is -2.11. The molecule has 0 aliphatic rings. The number of halogens is 4. The Labute approximate surface area is 106 Å². The first-order valence-corrected chi connectivity index (χ1v) is 5.32. The van der Waals surface area contributed by atoms with Crippen LogP contribution in [0.25, 0.3) is 0 Å². The van der Waals surface area contributed by atoms with Gasteiger partial charge in [-0.3, -0.25) is 0 Å². The van der Waals surface area contributed by atoms with Gasteiger partial charge in [0.2, 0.25) is 0 Å². The van der Waals surface area contributed by atoms with Gasteiger partial charge in [0.15, 0.2) is 11.6 Å². The summed E-state index contributed by atoms with van der Waals surface area (Å²) in [6.07, 6.45) is 0.